The Kier molecular flexibility index (Phi) is 8.94. The first-order valence-electron chi connectivity index (χ1n) is 11.1. The van der Waals surface area contributed by atoms with Gasteiger partial charge in [-0.3, -0.25) is 9.59 Å². The molecule has 0 spiro atoms. The quantitative estimate of drug-likeness (QED) is 0.440. The Bertz CT molecular complexity index is 893. The van der Waals surface area contributed by atoms with Gasteiger partial charge in [0.2, 0.25) is 11.8 Å². The van der Waals surface area contributed by atoms with E-state index in [0.29, 0.717) is 25.8 Å². The number of likely N-dealkylation sites (tertiary alicyclic amines) is 2. The summed E-state index contributed by atoms with van der Waals surface area (Å²) in [5.41, 5.74) is 0.767. The number of piperidine rings is 1. The minimum Gasteiger partial charge on any atom is -0.548 e. The first kappa shape index (κ1) is 25.6. The number of hydrogen-bond acceptors (Lipinski definition) is 8. The number of halogens is 1. The lowest BCUT2D eigenvalue weighted by atomic mass is 9.97. The number of rotatable bonds is 9. The second-order valence-electron chi connectivity index (χ2n) is 8.26. The number of ether oxygens (including phenoxy) is 3. The molecule has 0 N–H and O–H groups in total. The van der Waals surface area contributed by atoms with Crippen molar-refractivity contribution in [3.63, 3.8) is 0 Å². The van der Waals surface area contributed by atoms with E-state index in [4.69, 9.17) is 14.2 Å². The molecule has 0 aliphatic carbocycles. The SMILES string of the molecule is COC(=O)[C@H]1CCCN1C(=O)[C@@H]1C[C@H](OCc2ccc(F)cc2)CCN1C(=O)COCC(=O)[O-]. The van der Waals surface area contributed by atoms with Crippen molar-refractivity contribution < 1.29 is 42.9 Å². The van der Waals surface area contributed by atoms with Crippen LogP contribution >= 0.6 is 0 Å². The van der Waals surface area contributed by atoms with Crippen LogP contribution in [0.25, 0.3) is 0 Å². The van der Waals surface area contributed by atoms with Crippen LogP contribution in [0.5, 0.6) is 0 Å². The maximum absolute atomic E-state index is 13.5. The minimum atomic E-state index is -1.45. The van der Waals surface area contributed by atoms with Crippen LogP contribution in [-0.4, -0.2) is 85.2 Å². The zero-order chi connectivity index (χ0) is 24.7. The van der Waals surface area contributed by atoms with Crippen LogP contribution in [0.3, 0.4) is 0 Å². The first-order chi connectivity index (χ1) is 16.3. The Labute approximate surface area is 196 Å². The van der Waals surface area contributed by atoms with Gasteiger partial charge in [-0.15, -0.1) is 0 Å². The molecule has 2 heterocycles. The molecule has 1 aromatic carbocycles. The summed E-state index contributed by atoms with van der Waals surface area (Å²) in [5.74, 6) is -3.25. The molecule has 3 atom stereocenters. The highest BCUT2D eigenvalue weighted by molar-refractivity contribution is 5.91. The number of hydrogen-bond donors (Lipinski definition) is 0. The number of esters is 1. The number of amides is 2. The molecule has 0 bridgehead atoms. The van der Waals surface area contributed by atoms with Gasteiger partial charge >= 0.3 is 5.97 Å². The molecular formula is C23H28FN2O8-. The van der Waals surface area contributed by atoms with Gasteiger partial charge in [0.25, 0.3) is 0 Å². The van der Waals surface area contributed by atoms with Crippen LogP contribution in [-0.2, 0) is 40.0 Å². The van der Waals surface area contributed by atoms with Gasteiger partial charge in [-0.05, 0) is 37.0 Å². The van der Waals surface area contributed by atoms with E-state index >= 15 is 0 Å². The van der Waals surface area contributed by atoms with Crippen molar-refractivity contribution in [3.05, 3.63) is 35.6 Å². The smallest absolute Gasteiger partial charge is 0.328 e. The third-order valence-electron chi connectivity index (χ3n) is 6.01. The normalized spacial score (nSPS) is 22.5. The number of benzene rings is 1. The summed E-state index contributed by atoms with van der Waals surface area (Å²) in [6, 6.07) is 4.26. The number of methoxy groups -OCH3 is 1. The molecule has 0 saturated carbocycles. The van der Waals surface area contributed by atoms with Crippen molar-refractivity contribution in [1.29, 1.82) is 0 Å². The molecule has 10 nitrogen and oxygen atoms in total. The molecule has 2 aliphatic heterocycles. The minimum absolute atomic E-state index is 0.189. The van der Waals surface area contributed by atoms with E-state index in [1.165, 1.54) is 29.0 Å². The fourth-order valence-electron chi connectivity index (χ4n) is 4.32. The van der Waals surface area contributed by atoms with Gasteiger partial charge in [0, 0.05) is 19.5 Å². The fraction of sp³-hybridized carbons (Fsp3) is 0.565. The van der Waals surface area contributed by atoms with Crippen molar-refractivity contribution in [3.8, 4) is 0 Å². The average molecular weight is 479 g/mol. The van der Waals surface area contributed by atoms with Crippen molar-refractivity contribution in [2.24, 2.45) is 0 Å². The lowest BCUT2D eigenvalue weighted by Crippen LogP contribution is -2.58. The van der Waals surface area contributed by atoms with Gasteiger partial charge in [-0.2, -0.15) is 0 Å². The van der Waals surface area contributed by atoms with Crippen LogP contribution in [0.15, 0.2) is 24.3 Å². The van der Waals surface area contributed by atoms with Crippen LogP contribution in [0.4, 0.5) is 4.39 Å². The zero-order valence-corrected chi connectivity index (χ0v) is 18.9. The number of carboxylic acids is 1. The van der Waals surface area contributed by atoms with Crippen LogP contribution < -0.4 is 5.11 Å². The molecule has 2 fully saturated rings. The lowest BCUT2D eigenvalue weighted by Gasteiger charge is -2.40. The molecule has 0 aromatic heterocycles. The molecule has 34 heavy (non-hydrogen) atoms. The zero-order valence-electron chi connectivity index (χ0n) is 18.9. The van der Waals surface area contributed by atoms with Gasteiger partial charge in [-0.1, -0.05) is 12.1 Å². The van der Waals surface area contributed by atoms with Gasteiger partial charge in [0.1, 0.15) is 24.5 Å². The average Bonchev–Trinajstić information content (AvgIpc) is 3.32. The van der Waals surface area contributed by atoms with E-state index in [-0.39, 0.29) is 31.5 Å². The van der Waals surface area contributed by atoms with E-state index in [0.717, 1.165) is 5.56 Å². The van der Waals surface area contributed by atoms with Gasteiger partial charge in [-0.25, -0.2) is 9.18 Å². The number of carbonyl (C=O) groups is 4. The number of nitrogens with zero attached hydrogens (tertiary/aromatic N) is 2. The second-order valence-corrected chi connectivity index (χ2v) is 8.26. The predicted molar refractivity (Wildman–Crippen MR) is 112 cm³/mol. The molecule has 2 amide bonds. The largest absolute Gasteiger partial charge is 0.548 e. The van der Waals surface area contributed by atoms with Crippen LogP contribution in [0.1, 0.15) is 31.2 Å². The predicted octanol–water partition coefficient (Wildman–Crippen LogP) is -0.368. The monoisotopic (exact) mass is 479 g/mol. The number of carbonyl (C=O) groups excluding carboxylic acids is 4. The Balaban J connectivity index is 1.71. The Morgan fingerprint density at radius 2 is 1.76 bits per heavy atom. The lowest BCUT2D eigenvalue weighted by molar-refractivity contribution is -0.309. The summed E-state index contributed by atoms with van der Waals surface area (Å²) in [5, 5.41) is 10.6. The molecule has 186 valence electrons. The Morgan fingerprint density at radius 1 is 1.03 bits per heavy atom. The standard InChI is InChI=1S/C23H29FN2O8/c1-32-23(31)18-3-2-9-26(18)22(30)19-11-17(34-12-15-4-6-16(24)7-5-15)8-10-25(19)20(27)13-33-14-21(28)29/h4-7,17-19H,2-3,8-14H2,1H3,(H,28,29)/p-1/t17-,18-,19+/m1/s1. The van der Waals surface area contributed by atoms with E-state index in [1.807, 2.05) is 0 Å². The summed E-state index contributed by atoms with van der Waals surface area (Å²) in [6.07, 6.45) is 1.38. The van der Waals surface area contributed by atoms with Crippen molar-refractivity contribution >= 4 is 23.8 Å². The summed E-state index contributed by atoms with van der Waals surface area (Å²) >= 11 is 0. The summed E-state index contributed by atoms with van der Waals surface area (Å²) in [4.78, 5) is 51.7. The molecule has 3 rings (SSSR count). The molecule has 11 heteroatoms. The van der Waals surface area contributed by atoms with E-state index in [9.17, 15) is 28.7 Å². The van der Waals surface area contributed by atoms with Gasteiger partial charge in [0.15, 0.2) is 0 Å². The van der Waals surface area contributed by atoms with Crippen molar-refractivity contribution in [2.45, 2.75) is 50.5 Å². The van der Waals surface area contributed by atoms with Crippen molar-refractivity contribution in [2.75, 3.05) is 33.4 Å². The molecule has 1 aromatic rings. The third kappa shape index (κ3) is 6.51. The van der Waals surface area contributed by atoms with E-state index in [2.05, 4.69) is 0 Å². The summed E-state index contributed by atoms with van der Waals surface area (Å²) < 4.78 is 28.8. The highest BCUT2D eigenvalue weighted by Crippen LogP contribution is 2.27. The molecule has 2 saturated heterocycles. The number of carboxylic acid groups (broad SMARTS) is 1. The van der Waals surface area contributed by atoms with Crippen molar-refractivity contribution in [1.82, 2.24) is 9.80 Å². The van der Waals surface area contributed by atoms with Gasteiger partial charge in [0.05, 0.1) is 32.4 Å². The van der Waals surface area contributed by atoms with Crippen LogP contribution in [0.2, 0.25) is 0 Å². The molecular weight excluding hydrogens is 451 g/mol. The Hall–Kier alpha value is -3.05. The summed E-state index contributed by atoms with van der Waals surface area (Å²) in [6.45, 7) is -0.491. The molecule has 2 aliphatic rings. The molecule has 0 unspecified atom stereocenters. The molecule has 0 radical (unpaired) electrons. The number of aliphatic carboxylic acids is 1. The van der Waals surface area contributed by atoms with Gasteiger partial charge < -0.3 is 33.9 Å². The second kappa shape index (κ2) is 11.9. The van der Waals surface area contributed by atoms with Crippen LogP contribution in [0, 0.1) is 5.82 Å². The topological polar surface area (TPSA) is 126 Å². The fourth-order valence-corrected chi connectivity index (χ4v) is 4.32. The van der Waals surface area contributed by atoms with E-state index < -0.39 is 49.1 Å². The van der Waals surface area contributed by atoms with E-state index in [1.54, 1.807) is 12.1 Å². The summed E-state index contributed by atoms with van der Waals surface area (Å²) in [7, 11) is 1.26. The highest BCUT2D eigenvalue weighted by atomic mass is 19.1. The third-order valence-corrected chi connectivity index (χ3v) is 6.01. The Morgan fingerprint density at radius 3 is 2.44 bits per heavy atom. The maximum atomic E-state index is 13.5. The maximum Gasteiger partial charge on any atom is 0.328 e. The highest BCUT2D eigenvalue weighted by Gasteiger charge is 2.43. The first-order valence-corrected chi connectivity index (χ1v) is 11.1.